The topological polar surface area (TPSA) is 95.7 Å². The highest BCUT2D eigenvalue weighted by Crippen LogP contribution is 2.11. The van der Waals surface area contributed by atoms with Crippen molar-refractivity contribution in [3.8, 4) is 0 Å². The Morgan fingerprint density at radius 3 is 2.65 bits per heavy atom. The third-order valence-corrected chi connectivity index (χ3v) is 3.30. The molecule has 1 fully saturated rings. The van der Waals surface area contributed by atoms with E-state index in [1.165, 1.54) is 0 Å². The standard InChI is InChI=1S/C14H19N3O3/c15-14(20)10-3-5-11(6-4-10)16-13(19)9-17-7-1-2-12(18)8-17/h3-6,12,18H,1-2,7-9H2,(H2,15,20)(H,16,19)/t12-/m0/s1. The monoisotopic (exact) mass is 277 g/mol. The zero-order valence-electron chi connectivity index (χ0n) is 11.2. The van der Waals surface area contributed by atoms with E-state index < -0.39 is 5.91 Å². The molecule has 0 radical (unpaired) electrons. The number of benzene rings is 1. The van der Waals surface area contributed by atoms with Gasteiger partial charge < -0.3 is 16.2 Å². The van der Waals surface area contributed by atoms with Crippen LogP contribution in [0.25, 0.3) is 0 Å². The Balaban J connectivity index is 1.86. The fraction of sp³-hybridized carbons (Fsp3) is 0.429. The highest BCUT2D eigenvalue weighted by Gasteiger charge is 2.19. The predicted octanol–water partition coefficient (Wildman–Crippen LogP) is 0.181. The number of nitrogens with one attached hydrogen (secondary N) is 1. The molecule has 20 heavy (non-hydrogen) atoms. The Bertz CT molecular complexity index is 487. The number of carbonyl (C=O) groups is 2. The Morgan fingerprint density at radius 2 is 2.05 bits per heavy atom. The molecular formula is C14H19N3O3. The maximum Gasteiger partial charge on any atom is 0.248 e. The van der Waals surface area contributed by atoms with Gasteiger partial charge in [0.2, 0.25) is 11.8 Å². The average molecular weight is 277 g/mol. The van der Waals surface area contributed by atoms with Crippen LogP contribution in [0.1, 0.15) is 23.2 Å². The van der Waals surface area contributed by atoms with Crippen molar-refractivity contribution in [3.05, 3.63) is 29.8 Å². The number of aliphatic hydroxyl groups is 1. The molecule has 1 aromatic rings. The van der Waals surface area contributed by atoms with Gasteiger partial charge in [-0.05, 0) is 43.7 Å². The normalized spacial score (nSPS) is 19.6. The lowest BCUT2D eigenvalue weighted by Crippen LogP contribution is -2.42. The number of anilines is 1. The van der Waals surface area contributed by atoms with Crippen molar-refractivity contribution in [1.29, 1.82) is 0 Å². The molecule has 0 aromatic heterocycles. The lowest BCUT2D eigenvalue weighted by Gasteiger charge is -2.29. The Morgan fingerprint density at radius 1 is 1.35 bits per heavy atom. The second-order valence-electron chi connectivity index (χ2n) is 5.02. The van der Waals surface area contributed by atoms with Gasteiger partial charge in [-0.1, -0.05) is 0 Å². The number of carbonyl (C=O) groups excluding carboxylic acids is 2. The van der Waals surface area contributed by atoms with Gasteiger partial charge in [0, 0.05) is 17.8 Å². The smallest absolute Gasteiger partial charge is 0.248 e. The van der Waals surface area contributed by atoms with Gasteiger partial charge in [0.05, 0.1) is 12.6 Å². The molecule has 2 rings (SSSR count). The number of nitrogens with zero attached hydrogens (tertiary/aromatic N) is 1. The number of hydrogen-bond donors (Lipinski definition) is 3. The number of rotatable bonds is 4. The van der Waals surface area contributed by atoms with Crippen molar-refractivity contribution in [1.82, 2.24) is 4.90 Å². The summed E-state index contributed by atoms with van der Waals surface area (Å²) >= 11 is 0. The maximum absolute atomic E-state index is 11.9. The van der Waals surface area contributed by atoms with E-state index in [1.54, 1.807) is 24.3 Å². The minimum Gasteiger partial charge on any atom is -0.392 e. The molecule has 6 nitrogen and oxygen atoms in total. The van der Waals surface area contributed by atoms with Crippen LogP contribution in [-0.2, 0) is 4.79 Å². The molecule has 0 saturated carbocycles. The first kappa shape index (κ1) is 14.5. The number of β-amino-alcohol motifs (C(OH)–C–C–N with tert-alkyl or cyclic N) is 1. The third-order valence-electron chi connectivity index (χ3n) is 3.30. The number of nitrogens with two attached hydrogens (primary N) is 1. The van der Waals surface area contributed by atoms with Gasteiger partial charge in [-0.15, -0.1) is 0 Å². The van der Waals surface area contributed by atoms with Gasteiger partial charge in [0.1, 0.15) is 0 Å². The van der Waals surface area contributed by atoms with E-state index in [0.717, 1.165) is 19.4 Å². The minimum absolute atomic E-state index is 0.133. The Kier molecular flexibility index (Phi) is 4.70. The number of primary amides is 1. The predicted molar refractivity (Wildman–Crippen MR) is 75.3 cm³/mol. The summed E-state index contributed by atoms with van der Waals surface area (Å²) in [7, 11) is 0. The molecule has 1 aromatic carbocycles. The molecule has 1 aliphatic heterocycles. The summed E-state index contributed by atoms with van der Waals surface area (Å²) in [5.74, 6) is -0.629. The van der Waals surface area contributed by atoms with Crippen molar-refractivity contribution in [2.45, 2.75) is 18.9 Å². The summed E-state index contributed by atoms with van der Waals surface area (Å²) < 4.78 is 0. The molecule has 1 atom stereocenters. The molecule has 0 aliphatic carbocycles. The van der Waals surface area contributed by atoms with Crippen LogP contribution in [-0.4, -0.2) is 47.6 Å². The first-order chi connectivity index (χ1) is 9.54. The lowest BCUT2D eigenvalue weighted by atomic mass is 10.1. The lowest BCUT2D eigenvalue weighted by molar-refractivity contribution is -0.118. The van der Waals surface area contributed by atoms with Crippen molar-refractivity contribution in [3.63, 3.8) is 0 Å². The first-order valence-electron chi connectivity index (χ1n) is 6.65. The zero-order valence-corrected chi connectivity index (χ0v) is 11.2. The summed E-state index contributed by atoms with van der Waals surface area (Å²) in [5, 5.41) is 12.3. The second-order valence-corrected chi connectivity index (χ2v) is 5.02. The molecule has 6 heteroatoms. The van der Waals surface area contributed by atoms with Gasteiger partial charge in [-0.2, -0.15) is 0 Å². The number of likely N-dealkylation sites (tertiary alicyclic amines) is 1. The van der Waals surface area contributed by atoms with Gasteiger partial charge in [-0.25, -0.2) is 0 Å². The fourth-order valence-electron chi connectivity index (χ4n) is 2.30. The van der Waals surface area contributed by atoms with E-state index in [2.05, 4.69) is 5.32 Å². The van der Waals surface area contributed by atoms with Gasteiger partial charge in [0.15, 0.2) is 0 Å². The summed E-state index contributed by atoms with van der Waals surface area (Å²) in [6.45, 7) is 1.62. The first-order valence-corrected chi connectivity index (χ1v) is 6.65. The molecule has 0 spiro atoms. The van der Waals surface area contributed by atoms with E-state index in [-0.39, 0.29) is 18.6 Å². The van der Waals surface area contributed by atoms with Crippen molar-refractivity contribution >= 4 is 17.5 Å². The molecular weight excluding hydrogens is 258 g/mol. The van der Waals surface area contributed by atoms with Crippen molar-refractivity contribution < 1.29 is 14.7 Å². The van der Waals surface area contributed by atoms with Crippen LogP contribution in [0.5, 0.6) is 0 Å². The van der Waals surface area contributed by atoms with E-state index in [4.69, 9.17) is 5.73 Å². The molecule has 1 heterocycles. The minimum atomic E-state index is -0.495. The number of hydrogen-bond acceptors (Lipinski definition) is 4. The molecule has 0 bridgehead atoms. The molecule has 108 valence electrons. The Hall–Kier alpha value is -1.92. The number of piperidine rings is 1. The van der Waals surface area contributed by atoms with E-state index in [1.807, 2.05) is 4.90 Å². The van der Waals surface area contributed by atoms with Crippen LogP contribution in [0.2, 0.25) is 0 Å². The van der Waals surface area contributed by atoms with E-state index in [0.29, 0.717) is 17.8 Å². The van der Waals surface area contributed by atoms with Crippen LogP contribution in [0.15, 0.2) is 24.3 Å². The molecule has 0 unspecified atom stereocenters. The zero-order chi connectivity index (χ0) is 14.5. The van der Waals surface area contributed by atoms with Gasteiger partial charge in [-0.3, -0.25) is 14.5 Å². The molecule has 2 amide bonds. The van der Waals surface area contributed by atoms with Crippen LogP contribution >= 0.6 is 0 Å². The van der Waals surface area contributed by atoms with Gasteiger partial charge >= 0.3 is 0 Å². The van der Waals surface area contributed by atoms with Crippen LogP contribution < -0.4 is 11.1 Å². The molecule has 1 aliphatic rings. The summed E-state index contributed by atoms with van der Waals surface area (Å²) in [4.78, 5) is 24.7. The highest BCUT2D eigenvalue weighted by atomic mass is 16.3. The Labute approximate surface area is 117 Å². The largest absolute Gasteiger partial charge is 0.392 e. The number of amides is 2. The second kappa shape index (κ2) is 6.49. The average Bonchev–Trinajstić information content (AvgIpc) is 2.39. The third kappa shape index (κ3) is 4.04. The summed E-state index contributed by atoms with van der Waals surface area (Å²) in [6, 6.07) is 6.43. The van der Waals surface area contributed by atoms with E-state index in [9.17, 15) is 14.7 Å². The number of aliphatic hydroxyl groups excluding tert-OH is 1. The fourth-order valence-corrected chi connectivity index (χ4v) is 2.30. The summed E-state index contributed by atoms with van der Waals surface area (Å²) in [5.41, 5.74) is 6.17. The van der Waals surface area contributed by atoms with Crippen LogP contribution in [0, 0.1) is 0 Å². The van der Waals surface area contributed by atoms with Gasteiger partial charge in [0.25, 0.3) is 0 Å². The molecule has 4 N–H and O–H groups in total. The van der Waals surface area contributed by atoms with Crippen molar-refractivity contribution in [2.24, 2.45) is 5.73 Å². The van der Waals surface area contributed by atoms with Crippen LogP contribution in [0.4, 0.5) is 5.69 Å². The van der Waals surface area contributed by atoms with Crippen molar-refractivity contribution in [2.75, 3.05) is 25.0 Å². The molecule has 1 saturated heterocycles. The quantitative estimate of drug-likeness (QED) is 0.731. The SMILES string of the molecule is NC(=O)c1ccc(NC(=O)CN2CCC[C@H](O)C2)cc1. The maximum atomic E-state index is 11.9. The highest BCUT2D eigenvalue weighted by molar-refractivity contribution is 5.95. The summed E-state index contributed by atoms with van der Waals surface area (Å²) in [6.07, 6.45) is 1.36. The van der Waals surface area contributed by atoms with E-state index >= 15 is 0 Å². The van der Waals surface area contributed by atoms with Crippen LogP contribution in [0.3, 0.4) is 0 Å².